The third kappa shape index (κ3) is 14.4. The zero-order valence-corrected chi connectivity index (χ0v) is 25.4. The van der Waals surface area contributed by atoms with Crippen LogP contribution in [0.4, 0.5) is 0 Å². The van der Waals surface area contributed by atoms with Crippen molar-refractivity contribution in [1.82, 2.24) is 31.6 Å². The van der Waals surface area contributed by atoms with Crippen molar-refractivity contribution in [2.75, 3.05) is 19.6 Å². The van der Waals surface area contributed by atoms with Crippen LogP contribution in [-0.2, 0) is 40.0 Å². The molecule has 1 aromatic heterocycles. The van der Waals surface area contributed by atoms with Crippen LogP contribution in [0.1, 0.15) is 63.9 Å². The molecule has 0 saturated heterocycles. The van der Waals surface area contributed by atoms with E-state index in [0.29, 0.717) is 38.6 Å². The summed E-state index contributed by atoms with van der Waals surface area (Å²) in [6, 6.07) is 5.49. The topological polar surface area (TPSA) is 242 Å². The zero-order chi connectivity index (χ0) is 33.2. The number of aromatic nitrogens is 1. The molecular weight excluding hydrogens is 586 g/mol. The minimum atomic E-state index is -1.00. The summed E-state index contributed by atoms with van der Waals surface area (Å²) in [5.41, 5.74) is 6.79. The summed E-state index contributed by atoms with van der Waals surface area (Å²) in [7, 11) is 0. The normalized spacial score (nSPS) is 12.0. The van der Waals surface area contributed by atoms with E-state index in [2.05, 4.69) is 31.6 Å². The van der Waals surface area contributed by atoms with E-state index in [-0.39, 0.29) is 32.2 Å². The van der Waals surface area contributed by atoms with E-state index in [1.165, 1.54) is 6.92 Å². The minimum Gasteiger partial charge on any atom is -0.481 e. The fourth-order valence-corrected chi connectivity index (χ4v) is 4.42. The van der Waals surface area contributed by atoms with Crippen LogP contribution in [0.3, 0.4) is 0 Å². The number of benzene rings is 1. The summed E-state index contributed by atoms with van der Waals surface area (Å²) < 4.78 is 0. The lowest BCUT2D eigenvalue weighted by atomic mass is 10.0. The maximum absolute atomic E-state index is 13.1. The zero-order valence-electron chi connectivity index (χ0n) is 25.4. The van der Waals surface area contributed by atoms with Gasteiger partial charge in [0.2, 0.25) is 35.4 Å². The largest absolute Gasteiger partial charge is 0.481 e. The average molecular weight is 630 g/mol. The predicted octanol–water partition coefficient (Wildman–Crippen LogP) is -0.261. The summed E-state index contributed by atoms with van der Waals surface area (Å²) in [5.74, 6) is -4.00. The number of para-hydroxylation sites is 1. The Morgan fingerprint density at radius 2 is 1.44 bits per heavy atom. The second-order valence-electron chi connectivity index (χ2n) is 10.6. The number of primary amides is 1. The number of carbonyl (C=O) groups excluding carboxylic acids is 6. The van der Waals surface area contributed by atoms with E-state index in [1.807, 2.05) is 24.3 Å². The van der Waals surface area contributed by atoms with Crippen LogP contribution in [0, 0.1) is 0 Å². The number of rotatable bonds is 21. The van der Waals surface area contributed by atoms with Gasteiger partial charge in [0.05, 0.1) is 13.1 Å². The first kappa shape index (κ1) is 36.2. The Hall–Kier alpha value is -4.95. The van der Waals surface area contributed by atoms with Gasteiger partial charge < -0.3 is 42.4 Å². The summed E-state index contributed by atoms with van der Waals surface area (Å²) in [4.78, 5) is 87.0. The van der Waals surface area contributed by atoms with Crippen molar-refractivity contribution in [3.05, 3.63) is 36.0 Å². The third-order valence-electron chi connectivity index (χ3n) is 6.83. The summed E-state index contributed by atoms with van der Waals surface area (Å²) in [5, 5.41) is 22.2. The number of unbranched alkanes of at least 4 members (excludes halogenated alkanes) is 3. The molecule has 246 valence electrons. The van der Waals surface area contributed by atoms with Gasteiger partial charge in [-0.3, -0.25) is 33.6 Å². The van der Waals surface area contributed by atoms with E-state index in [1.54, 1.807) is 6.20 Å². The highest BCUT2D eigenvalue weighted by atomic mass is 16.4. The van der Waals surface area contributed by atoms with Gasteiger partial charge in [-0.25, -0.2) is 0 Å². The monoisotopic (exact) mass is 629 g/mol. The Balaban J connectivity index is 1.83. The molecule has 2 unspecified atom stereocenters. The van der Waals surface area contributed by atoms with Crippen LogP contribution < -0.4 is 32.3 Å². The van der Waals surface area contributed by atoms with Gasteiger partial charge >= 0.3 is 5.97 Å². The Kier molecular flexibility index (Phi) is 15.6. The average Bonchev–Trinajstić information content (AvgIpc) is 3.40. The van der Waals surface area contributed by atoms with Crippen molar-refractivity contribution in [2.24, 2.45) is 5.73 Å². The maximum atomic E-state index is 13.1. The number of amides is 6. The van der Waals surface area contributed by atoms with Crippen LogP contribution >= 0.6 is 0 Å². The van der Waals surface area contributed by atoms with Gasteiger partial charge in [-0.2, -0.15) is 0 Å². The second-order valence-corrected chi connectivity index (χ2v) is 10.6. The van der Waals surface area contributed by atoms with Crippen molar-refractivity contribution in [3.8, 4) is 0 Å². The van der Waals surface area contributed by atoms with Gasteiger partial charge in [-0.1, -0.05) is 24.6 Å². The van der Waals surface area contributed by atoms with Crippen LogP contribution in [0.2, 0.25) is 0 Å². The lowest BCUT2D eigenvalue weighted by Gasteiger charge is -2.19. The van der Waals surface area contributed by atoms with Gasteiger partial charge in [-0.05, 0) is 44.2 Å². The summed E-state index contributed by atoms with van der Waals surface area (Å²) in [6.07, 6.45) is 4.82. The molecule has 0 aliphatic rings. The lowest BCUT2D eigenvalue weighted by Crippen LogP contribution is -2.52. The first-order valence-electron chi connectivity index (χ1n) is 14.9. The molecule has 2 aromatic rings. The molecule has 0 fully saturated rings. The number of carboxylic acid groups (broad SMARTS) is 1. The number of carboxylic acids is 1. The minimum absolute atomic E-state index is 0.0697. The van der Waals surface area contributed by atoms with E-state index in [0.717, 1.165) is 16.5 Å². The summed E-state index contributed by atoms with van der Waals surface area (Å²) >= 11 is 0. The van der Waals surface area contributed by atoms with Crippen molar-refractivity contribution in [2.45, 2.75) is 76.8 Å². The number of fused-ring (bicyclic) bond motifs is 1. The van der Waals surface area contributed by atoms with Crippen molar-refractivity contribution < 1.29 is 38.7 Å². The molecule has 0 spiro atoms. The molecule has 6 amide bonds. The number of H-pyrrole nitrogens is 1. The van der Waals surface area contributed by atoms with E-state index < -0.39 is 60.0 Å². The molecule has 0 aliphatic heterocycles. The van der Waals surface area contributed by atoms with Crippen molar-refractivity contribution in [3.63, 3.8) is 0 Å². The Morgan fingerprint density at radius 3 is 2.18 bits per heavy atom. The molecule has 0 saturated carbocycles. The van der Waals surface area contributed by atoms with Crippen LogP contribution in [-0.4, -0.2) is 83.2 Å². The molecule has 0 bridgehead atoms. The van der Waals surface area contributed by atoms with Gasteiger partial charge in [0.25, 0.3) is 0 Å². The first-order chi connectivity index (χ1) is 21.5. The maximum Gasteiger partial charge on any atom is 0.303 e. The molecule has 15 heteroatoms. The third-order valence-corrected chi connectivity index (χ3v) is 6.83. The van der Waals surface area contributed by atoms with Gasteiger partial charge in [-0.15, -0.1) is 0 Å². The molecular formula is C30H43N7O8. The van der Waals surface area contributed by atoms with Gasteiger partial charge in [0.15, 0.2) is 0 Å². The molecule has 1 aromatic carbocycles. The molecule has 0 aliphatic carbocycles. The number of aromatic amines is 1. The number of nitrogens with two attached hydrogens (primary N) is 1. The number of nitrogens with one attached hydrogen (secondary N) is 6. The van der Waals surface area contributed by atoms with Crippen LogP contribution in [0.5, 0.6) is 0 Å². The molecule has 2 rings (SSSR count). The highest BCUT2D eigenvalue weighted by molar-refractivity contribution is 5.94. The molecule has 1 heterocycles. The Labute approximate surface area is 260 Å². The Bertz CT molecular complexity index is 1340. The van der Waals surface area contributed by atoms with Crippen LogP contribution in [0.25, 0.3) is 10.9 Å². The van der Waals surface area contributed by atoms with Crippen molar-refractivity contribution >= 4 is 52.3 Å². The van der Waals surface area contributed by atoms with E-state index in [9.17, 15) is 33.6 Å². The quantitative estimate of drug-likeness (QED) is 0.0853. The first-order valence-corrected chi connectivity index (χ1v) is 14.9. The SMILES string of the molecule is CC(NC(=O)CNC(=O)C(Cc1c[nH]c2ccccc12)NC(=O)CCCCC(N)=O)C(=O)NCC(=O)NCCCCCC(=O)O. The van der Waals surface area contributed by atoms with Gasteiger partial charge in [0, 0.05) is 49.3 Å². The number of carbonyl (C=O) groups is 7. The molecule has 15 nitrogen and oxygen atoms in total. The Morgan fingerprint density at radius 1 is 0.778 bits per heavy atom. The highest BCUT2D eigenvalue weighted by Gasteiger charge is 2.24. The highest BCUT2D eigenvalue weighted by Crippen LogP contribution is 2.19. The second kappa shape index (κ2) is 19.4. The fraction of sp³-hybridized carbons (Fsp3) is 0.500. The van der Waals surface area contributed by atoms with Crippen LogP contribution in [0.15, 0.2) is 30.5 Å². The standard InChI is InChI=1S/C30H43N7O8/c1-19(29(44)34-17-26(40)32-14-8-2-3-13-28(42)43)36-27(41)18-35-30(45)23(37-25(39)12-7-6-11-24(31)38)15-20-16-33-22-10-5-4-9-21(20)22/h4-5,9-10,16,19,23,33H,2-3,6-8,11-15,17-18H2,1H3,(H2,31,38)(H,32,40)(H,34,44)(H,35,45)(H,36,41)(H,37,39)(H,42,43). The van der Waals surface area contributed by atoms with E-state index >= 15 is 0 Å². The van der Waals surface area contributed by atoms with Gasteiger partial charge in [0.1, 0.15) is 12.1 Å². The number of aliphatic carboxylic acids is 1. The van der Waals surface area contributed by atoms with E-state index in [4.69, 9.17) is 10.8 Å². The predicted molar refractivity (Wildman–Crippen MR) is 164 cm³/mol. The molecule has 45 heavy (non-hydrogen) atoms. The number of hydrogen-bond donors (Lipinski definition) is 8. The number of hydrogen-bond acceptors (Lipinski definition) is 7. The fourth-order valence-electron chi connectivity index (χ4n) is 4.42. The molecule has 2 atom stereocenters. The molecule has 0 radical (unpaired) electrons. The molecule has 9 N–H and O–H groups in total. The lowest BCUT2D eigenvalue weighted by molar-refractivity contribution is -0.137. The summed E-state index contributed by atoms with van der Waals surface area (Å²) in [6.45, 7) is 1.01. The smallest absolute Gasteiger partial charge is 0.303 e. The van der Waals surface area contributed by atoms with Crippen molar-refractivity contribution in [1.29, 1.82) is 0 Å².